The number of hydrogen-bond acceptors (Lipinski definition) is 4. The van der Waals surface area contributed by atoms with E-state index in [1.807, 2.05) is 80.1 Å². The zero-order valence-electron chi connectivity index (χ0n) is 17.6. The van der Waals surface area contributed by atoms with Crippen molar-refractivity contribution in [2.45, 2.75) is 27.3 Å². The maximum Gasteiger partial charge on any atom is 0.256 e. The molecule has 152 valence electrons. The molecule has 6 nitrogen and oxygen atoms in total. The summed E-state index contributed by atoms with van der Waals surface area (Å²) in [7, 11) is 1.61. The average Bonchev–Trinajstić information content (AvgIpc) is 3.10. The fraction of sp³-hybridized carbons (Fsp3) is 0.208. The second-order valence-electron chi connectivity index (χ2n) is 7.20. The first-order chi connectivity index (χ1) is 14.5. The molecular formula is C24H24N4O2. The second kappa shape index (κ2) is 7.99. The quantitative estimate of drug-likeness (QED) is 0.512. The van der Waals surface area contributed by atoms with E-state index in [1.54, 1.807) is 7.11 Å². The van der Waals surface area contributed by atoms with Crippen LogP contribution in [0.5, 0.6) is 5.75 Å². The number of ether oxygens (including phenoxy) is 1. The summed E-state index contributed by atoms with van der Waals surface area (Å²) in [6, 6.07) is 17.2. The Morgan fingerprint density at radius 3 is 2.40 bits per heavy atom. The molecule has 0 bridgehead atoms. The molecule has 1 amide bonds. The van der Waals surface area contributed by atoms with Gasteiger partial charge in [-0.3, -0.25) is 4.79 Å². The van der Waals surface area contributed by atoms with Gasteiger partial charge in [-0.2, -0.15) is 5.10 Å². The monoisotopic (exact) mass is 400 g/mol. The van der Waals surface area contributed by atoms with E-state index < -0.39 is 0 Å². The molecule has 2 aromatic carbocycles. The molecule has 2 heterocycles. The normalized spacial score (nSPS) is 10.9. The summed E-state index contributed by atoms with van der Waals surface area (Å²) in [6.07, 6.45) is 0. The van der Waals surface area contributed by atoms with Crippen LogP contribution in [0.2, 0.25) is 0 Å². The lowest BCUT2D eigenvalue weighted by atomic mass is 10.0. The van der Waals surface area contributed by atoms with Gasteiger partial charge in [-0.05, 0) is 51.1 Å². The van der Waals surface area contributed by atoms with Gasteiger partial charge in [0.05, 0.1) is 29.4 Å². The SMILES string of the molecule is CCn1nc(C)c2c(C(=O)Nc3ccc(OC)cc3)cc(-c3ccc(C)cc3)nc21. The maximum absolute atomic E-state index is 13.3. The van der Waals surface area contributed by atoms with Crippen LogP contribution in [-0.2, 0) is 6.54 Å². The van der Waals surface area contributed by atoms with Crippen molar-refractivity contribution in [3.05, 3.63) is 71.4 Å². The number of fused-ring (bicyclic) bond motifs is 1. The number of anilines is 1. The van der Waals surface area contributed by atoms with Gasteiger partial charge in [0.25, 0.3) is 5.91 Å². The number of aryl methyl sites for hydroxylation is 3. The third-order valence-corrected chi connectivity index (χ3v) is 5.12. The number of methoxy groups -OCH3 is 1. The summed E-state index contributed by atoms with van der Waals surface area (Å²) in [5.41, 5.74) is 5.64. The van der Waals surface area contributed by atoms with Crippen LogP contribution < -0.4 is 10.1 Å². The summed E-state index contributed by atoms with van der Waals surface area (Å²) in [5.74, 6) is 0.542. The predicted molar refractivity (Wildman–Crippen MR) is 119 cm³/mol. The number of nitrogens with one attached hydrogen (secondary N) is 1. The number of rotatable bonds is 5. The molecule has 30 heavy (non-hydrogen) atoms. The van der Waals surface area contributed by atoms with Crippen LogP contribution in [0, 0.1) is 13.8 Å². The fourth-order valence-electron chi connectivity index (χ4n) is 3.50. The van der Waals surface area contributed by atoms with Crippen molar-refractivity contribution in [2.75, 3.05) is 12.4 Å². The molecule has 0 aliphatic carbocycles. The van der Waals surface area contributed by atoms with E-state index in [4.69, 9.17) is 9.72 Å². The summed E-state index contributed by atoms with van der Waals surface area (Å²) < 4.78 is 7.03. The minimum atomic E-state index is -0.195. The van der Waals surface area contributed by atoms with E-state index in [2.05, 4.69) is 10.4 Å². The minimum Gasteiger partial charge on any atom is -0.497 e. The Hall–Kier alpha value is -3.67. The van der Waals surface area contributed by atoms with Crippen molar-refractivity contribution in [1.29, 1.82) is 0 Å². The van der Waals surface area contributed by atoms with Crippen LogP contribution in [0.4, 0.5) is 5.69 Å². The van der Waals surface area contributed by atoms with Crippen LogP contribution in [0.1, 0.15) is 28.5 Å². The third kappa shape index (κ3) is 3.64. The Bertz CT molecular complexity index is 1210. The highest BCUT2D eigenvalue weighted by atomic mass is 16.5. The Morgan fingerprint density at radius 1 is 1.07 bits per heavy atom. The van der Waals surface area contributed by atoms with E-state index in [1.165, 1.54) is 5.56 Å². The largest absolute Gasteiger partial charge is 0.497 e. The molecule has 4 aromatic rings. The highest BCUT2D eigenvalue weighted by Crippen LogP contribution is 2.28. The Kier molecular flexibility index (Phi) is 5.23. The van der Waals surface area contributed by atoms with Gasteiger partial charge in [-0.15, -0.1) is 0 Å². The number of amides is 1. The molecule has 6 heteroatoms. The van der Waals surface area contributed by atoms with Crippen molar-refractivity contribution in [3.8, 4) is 17.0 Å². The van der Waals surface area contributed by atoms with Crippen molar-refractivity contribution in [1.82, 2.24) is 14.8 Å². The van der Waals surface area contributed by atoms with E-state index in [-0.39, 0.29) is 5.91 Å². The molecule has 2 aromatic heterocycles. The van der Waals surface area contributed by atoms with Gasteiger partial charge in [0, 0.05) is 17.8 Å². The topological polar surface area (TPSA) is 69.0 Å². The predicted octanol–water partition coefficient (Wildman–Crippen LogP) is 5.00. The van der Waals surface area contributed by atoms with E-state index in [0.717, 1.165) is 28.1 Å². The van der Waals surface area contributed by atoms with Crippen molar-refractivity contribution >= 4 is 22.6 Å². The number of benzene rings is 2. The van der Waals surface area contributed by atoms with Gasteiger partial charge in [-0.1, -0.05) is 29.8 Å². The highest BCUT2D eigenvalue weighted by molar-refractivity contribution is 6.13. The first-order valence-corrected chi connectivity index (χ1v) is 9.90. The van der Waals surface area contributed by atoms with Gasteiger partial charge >= 0.3 is 0 Å². The van der Waals surface area contributed by atoms with E-state index in [9.17, 15) is 4.79 Å². The zero-order chi connectivity index (χ0) is 21.3. The Morgan fingerprint density at radius 2 is 1.77 bits per heavy atom. The summed E-state index contributed by atoms with van der Waals surface area (Å²) >= 11 is 0. The number of nitrogens with zero attached hydrogens (tertiary/aromatic N) is 3. The van der Waals surface area contributed by atoms with Gasteiger partial charge in [0.2, 0.25) is 0 Å². The molecule has 0 aliphatic heterocycles. The van der Waals surface area contributed by atoms with E-state index in [0.29, 0.717) is 23.4 Å². The van der Waals surface area contributed by atoms with Gasteiger partial charge < -0.3 is 10.1 Å². The van der Waals surface area contributed by atoms with Crippen molar-refractivity contribution in [3.63, 3.8) is 0 Å². The molecule has 0 fully saturated rings. The van der Waals surface area contributed by atoms with Crippen LogP contribution in [0.15, 0.2) is 54.6 Å². The summed E-state index contributed by atoms with van der Waals surface area (Å²) in [6.45, 7) is 6.65. The van der Waals surface area contributed by atoms with Gasteiger partial charge in [0.1, 0.15) is 5.75 Å². The van der Waals surface area contributed by atoms with Crippen LogP contribution in [0.25, 0.3) is 22.3 Å². The lowest BCUT2D eigenvalue weighted by Gasteiger charge is -2.10. The van der Waals surface area contributed by atoms with Gasteiger partial charge in [-0.25, -0.2) is 9.67 Å². The highest BCUT2D eigenvalue weighted by Gasteiger charge is 2.20. The first-order valence-electron chi connectivity index (χ1n) is 9.90. The lowest BCUT2D eigenvalue weighted by molar-refractivity contribution is 0.102. The number of hydrogen-bond donors (Lipinski definition) is 1. The molecule has 0 aliphatic rings. The molecule has 1 N–H and O–H groups in total. The van der Waals surface area contributed by atoms with Crippen LogP contribution in [-0.4, -0.2) is 27.8 Å². The molecular weight excluding hydrogens is 376 g/mol. The standard InChI is InChI=1S/C24H24N4O2/c1-5-28-23-22(16(3)27-28)20(14-21(26-23)17-8-6-15(2)7-9-17)24(29)25-18-10-12-19(30-4)13-11-18/h6-14H,5H2,1-4H3,(H,25,29). The minimum absolute atomic E-state index is 0.195. The second-order valence-corrected chi connectivity index (χ2v) is 7.20. The Labute approximate surface area is 175 Å². The maximum atomic E-state index is 13.3. The molecule has 4 rings (SSSR count). The number of carbonyl (C=O) groups excluding carboxylic acids is 1. The zero-order valence-corrected chi connectivity index (χ0v) is 17.6. The van der Waals surface area contributed by atoms with Crippen LogP contribution >= 0.6 is 0 Å². The first kappa shape index (κ1) is 19.6. The van der Waals surface area contributed by atoms with Crippen LogP contribution in [0.3, 0.4) is 0 Å². The van der Waals surface area contributed by atoms with Crippen molar-refractivity contribution < 1.29 is 9.53 Å². The van der Waals surface area contributed by atoms with E-state index >= 15 is 0 Å². The number of pyridine rings is 1. The summed E-state index contributed by atoms with van der Waals surface area (Å²) in [5, 5.41) is 8.35. The summed E-state index contributed by atoms with van der Waals surface area (Å²) in [4.78, 5) is 18.1. The average molecular weight is 400 g/mol. The molecule has 0 spiro atoms. The smallest absolute Gasteiger partial charge is 0.256 e. The van der Waals surface area contributed by atoms with Gasteiger partial charge in [0.15, 0.2) is 5.65 Å². The molecule has 0 saturated carbocycles. The number of carbonyl (C=O) groups is 1. The third-order valence-electron chi connectivity index (χ3n) is 5.12. The molecule has 0 atom stereocenters. The number of aromatic nitrogens is 3. The van der Waals surface area contributed by atoms with Crippen molar-refractivity contribution in [2.24, 2.45) is 0 Å². The molecule has 0 unspecified atom stereocenters. The fourth-order valence-corrected chi connectivity index (χ4v) is 3.50. The molecule has 0 saturated heterocycles. The Balaban J connectivity index is 1.82. The lowest BCUT2D eigenvalue weighted by Crippen LogP contribution is -2.13. The molecule has 0 radical (unpaired) electrons.